The highest BCUT2D eigenvalue weighted by Crippen LogP contribution is 2.38. The van der Waals surface area contributed by atoms with E-state index in [0.29, 0.717) is 11.4 Å². The number of nitrogen functional groups attached to an aromatic ring is 1. The van der Waals surface area contributed by atoms with Gasteiger partial charge in [-0.1, -0.05) is 0 Å². The van der Waals surface area contributed by atoms with Gasteiger partial charge in [0.1, 0.15) is 0 Å². The molecule has 2 rings (SSSR count). The molecule has 0 unspecified atom stereocenters. The fourth-order valence-corrected chi connectivity index (χ4v) is 2.11. The summed E-state index contributed by atoms with van der Waals surface area (Å²) in [6, 6.07) is 4.57. The summed E-state index contributed by atoms with van der Waals surface area (Å²) in [5.41, 5.74) is 6.79. The van der Waals surface area contributed by atoms with Crippen LogP contribution in [0.5, 0.6) is 0 Å². The first-order valence-corrected chi connectivity index (χ1v) is 6.55. The van der Waals surface area contributed by atoms with Crippen LogP contribution in [0.4, 0.5) is 11.4 Å². The first-order chi connectivity index (χ1) is 7.28. The van der Waals surface area contributed by atoms with Crippen LogP contribution in [0, 0.1) is 0 Å². The molecule has 88 valence electrons. The molecule has 1 aromatic rings. The van der Waals surface area contributed by atoms with Gasteiger partial charge in [0.2, 0.25) is 10.0 Å². The molecule has 1 saturated carbocycles. The number of nitrogens with two attached hydrogens (primary N) is 2. The standard InChI is InChI=1S/C10H15N3O2S/c1-10(2-3-10)13-8-4-7(11)5-9(6-8)16(12,14)15/h4-6,13H,2-3,11H2,1H3,(H2,12,14,15). The largest absolute Gasteiger partial charge is 0.399 e. The molecule has 0 spiro atoms. The topological polar surface area (TPSA) is 98.2 Å². The van der Waals surface area contributed by atoms with E-state index in [4.69, 9.17) is 10.9 Å². The molecule has 1 aliphatic rings. The summed E-state index contributed by atoms with van der Waals surface area (Å²) in [6.07, 6.45) is 2.15. The maximum Gasteiger partial charge on any atom is 0.238 e. The van der Waals surface area contributed by atoms with E-state index in [0.717, 1.165) is 12.8 Å². The second-order valence-electron chi connectivity index (χ2n) is 4.52. The van der Waals surface area contributed by atoms with Crippen LogP contribution >= 0.6 is 0 Å². The zero-order valence-corrected chi connectivity index (χ0v) is 9.84. The lowest BCUT2D eigenvalue weighted by Crippen LogP contribution is -2.17. The predicted octanol–water partition coefficient (Wildman–Crippen LogP) is 0.881. The van der Waals surface area contributed by atoms with Crippen molar-refractivity contribution in [3.8, 4) is 0 Å². The van der Waals surface area contributed by atoms with Gasteiger partial charge in [-0.3, -0.25) is 0 Å². The van der Waals surface area contributed by atoms with E-state index in [-0.39, 0.29) is 10.4 Å². The lowest BCUT2D eigenvalue weighted by molar-refractivity contribution is 0.598. The second-order valence-corrected chi connectivity index (χ2v) is 6.08. The van der Waals surface area contributed by atoms with Crippen molar-refractivity contribution in [3.63, 3.8) is 0 Å². The molecule has 0 amide bonds. The Morgan fingerprint density at radius 1 is 1.31 bits per heavy atom. The first kappa shape index (κ1) is 11.2. The van der Waals surface area contributed by atoms with E-state index in [9.17, 15) is 8.42 Å². The number of primary sulfonamides is 1. The van der Waals surface area contributed by atoms with Crippen LogP contribution in [0.1, 0.15) is 19.8 Å². The highest BCUT2D eigenvalue weighted by molar-refractivity contribution is 7.89. The van der Waals surface area contributed by atoms with Crippen molar-refractivity contribution in [2.75, 3.05) is 11.1 Å². The molecule has 16 heavy (non-hydrogen) atoms. The minimum absolute atomic E-state index is 0.0410. The van der Waals surface area contributed by atoms with Crippen LogP contribution in [-0.2, 0) is 10.0 Å². The van der Waals surface area contributed by atoms with Gasteiger partial charge < -0.3 is 11.1 Å². The van der Waals surface area contributed by atoms with E-state index < -0.39 is 10.0 Å². The number of benzene rings is 1. The number of anilines is 2. The molecule has 5 N–H and O–H groups in total. The van der Waals surface area contributed by atoms with Gasteiger partial charge in [0.15, 0.2) is 0 Å². The summed E-state index contributed by atoms with van der Waals surface area (Å²) >= 11 is 0. The Bertz CT molecular complexity index is 521. The highest BCUT2D eigenvalue weighted by atomic mass is 32.2. The molecule has 6 heteroatoms. The second kappa shape index (κ2) is 3.36. The fraction of sp³-hybridized carbons (Fsp3) is 0.400. The Balaban J connectivity index is 2.36. The number of sulfonamides is 1. The number of nitrogens with one attached hydrogen (secondary N) is 1. The van der Waals surface area contributed by atoms with Crippen molar-refractivity contribution in [2.45, 2.75) is 30.2 Å². The molecule has 0 radical (unpaired) electrons. The van der Waals surface area contributed by atoms with E-state index in [2.05, 4.69) is 12.2 Å². The zero-order valence-electron chi connectivity index (χ0n) is 9.03. The van der Waals surface area contributed by atoms with Gasteiger partial charge in [0, 0.05) is 16.9 Å². The van der Waals surface area contributed by atoms with Crippen LogP contribution in [0.25, 0.3) is 0 Å². The maximum absolute atomic E-state index is 11.2. The van der Waals surface area contributed by atoms with Crippen molar-refractivity contribution < 1.29 is 8.42 Å². The smallest absolute Gasteiger partial charge is 0.238 e. The lowest BCUT2D eigenvalue weighted by Gasteiger charge is -2.14. The molecule has 0 atom stereocenters. The van der Waals surface area contributed by atoms with E-state index in [1.54, 1.807) is 6.07 Å². The Kier molecular flexibility index (Phi) is 2.36. The molecule has 0 aliphatic heterocycles. The third-order valence-electron chi connectivity index (χ3n) is 2.70. The van der Waals surface area contributed by atoms with Crippen molar-refractivity contribution in [3.05, 3.63) is 18.2 Å². The number of hydrogen-bond acceptors (Lipinski definition) is 4. The Morgan fingerprint density at radius 3 is 2.44 bits per heavy atom. The highest BCUT2D eigenvalue weighted by Gasteiger charge is 2.37. The van der Waals surface area contributed by atoms with Gasteiger partial charge in [-0.25, -0.2) is 13.6 Å². The molecule has 0 heterocycles. The van der Waals surface area contributed by atoms with Crippen LogP contribution in [-0.4, -0.2) is 14.0 Å². The fourth-order valence-electron chi connectivity index (χ4n) is 1.52. The van der Waals surface area contributed by atoms with Gasteiger partial charge in [-0.05, 0) is 38.0 Å². The maximum atomic E-state index is 11.2. The van der Waals surface area contributed by atoms with E-state index >= 15 is 0 Å². The third kappa shape index (κ3) is 2.45. The molecule has 0 saturated heterocycles. The van der Waals surface area contributed by atoms with Gasteiger partial charge in [-0.15, -0.1) is 0 Å². The van der Waals surface area contributed by atoms with Gasteiger partial charge in [0.05, 0.1) is 4.90 Å². The summed E-state index contributed by atoms with van der Waals surface area (Å²) in [6.45, 7) is 2.08. The van der Waals surface area contributed by atoms with E-state index in [1.807, 2.05) is 0 Å². The summed E-state index contributed by atoms with van der Waals surface area (Å²) in [5.74, 6) is 0. The predicted molar refractivity (Wildman–Crippen MR) is 63.5 cm³/mol. The summed E-state index contributed by atoms with van der Waals surface area (Å²) in [5, 5.41) is 8.31. The summed E-state index contributed by atoms with van der Waals surface area (Å²) in [7, 11) is -3.70. The van der Waals surface area contributed by atoms with Crippen molar-refractivity contribution in [2.24, 2.45) is 5.14 Å². The molecule has 5 nitrogen and oxygen atoms in total. The lowest BCUT2D eigenvalue weighted by atomic mass is 10.2. The van der Waals surface area contributed by atoms with Gasteiger partial charge >= 0.3 is 0 Å². The quantitative estimate of drug-likeness (QED) is 0.684. The Labute approximate surface area is 94.9 Å². The van der Waals surface area contributed by atoms with Crippen LogP contribution in [0.2, 0.25) is 0 Å². The molecular formula is C10H15N3O2S. The number of rotatable bonds is 3. The zero-order chi connectivity index (χ0) is 12.0. The van der Waals surface area contributed by atoms with Crippen LogP contribution in [0.15, 0.2) is 23.1 Å². The monoisotopic (exact) mass is 241 g/mol. The first-order valence-electron chi connectivity index (χ1n) is 5.00. The minimum Gasteiger partial charge on any atom is -0.399 e. The van der Waals surface area contributed by atoms with Crippen LogP contribution < -0.4 is 16.2 Å². The number of hydrogen-bond donors (Lipinski definition) is 3. The Morgan fingerprint density at radius 2 is 1.94 bits per heavy atom. The van der Waals surface area contributed by atoms with Gasteiger partial charge in [-0.2, -0.15) is 0 Å². The normalized spacial score (nSPS) is 18.1. The Hall–Kier alpha value is -1.27. The van der Waals surface area contributed by atoms with Crippen molar-refractivity contribution in [1.82, 2.24) is 0 Å². The summed E-state index contributed by atoms with van der Waals surface area (Å²) < 4.78 is 22.4. The third-order valence-corrected chi connectivity index (χ3v) is 3.60. The van der Waals surface area contributed by atoms with Crippen molar-refractivity contribution >= 4 is 21.4 Å². The average molecular weight is 241 g/mol. The SMILES string of the molecule is CC1(Nc2cc(N)cc(S(N)(=O)=O)c2)CC1. The molecule has 1 aliphatic carbocycles. The minimum atomic E-state index is -3.70. The van der Waals surface area contributed by atoms with E-state index in [1.165, 1.54) is 12.1 Å². The molecular weight excluding hydrogens is 226 g/mol. The van der Waals surface area contributed by atoms with Crippen LogP contribution in [0.3, 0.4) is 0 Å². The molecule has 0 aromatic heterocycles. The molecule has 1 aromatic carbocycles. The molecule has 1 fully saturated rings. The van der Waals surface area contributed by atoms with Gasteiger partial charge in [0.25, 0.3) is 0 Å². The van der Waals surface area contributed by atoms with Crippen molar-refractivity contribution in [1.29, 1.82) is 0 Å². The average Bonchev–Trinajstić information content (AvgIpc) is 2.80. The summed E-state index contributed by atoms with van der Waals surface area (Å²) in [4.78, 5) is 0.0410. The molecule has 0 bridgehead atoms.